The van der Waals surface area contributed by atoms with Gasteiger partial charge in [0.25, 0.3) is 5.91 Å². The zero-order valence-corrected chi connectivity index (χ0v) is 19.5. The van der Waals surface area contributed by atoms with Crippen LogP contribution in [0.1, 0.15) is 35.7 Å². The van der Waals surface area contributed by atoms with E-state index in [1.54, 1.807) is 12.1 Å². The summed E-state index contributed by atoms with van der Waals surface area (Å²) in [5, 5.41) is 33.9. The number of ether oxygens (including phenoxy) is 1. The molecule has 2 bridgehead atoms. The molecule has 2 aliphatic rings. The van der Waals surface area contributed by atoms with Gasteiger partial charge in [-0.05, 0) is 43.4 Å². The lowest BCUT2D eigenvalue weighted by Crippen LogP contribution is -2.56. The highest BCUT2D eigenvalue weighted by atomic mass is 16.5. The SMILES string of the molecule is CCNC(=O)N1CC2CC(CN(C[C@H](O)COc3ccc(C#N)cc3C(=O)NCCC#N)C2)C1. The molecule has 3 amide bonds. The van der Waals surface area contributed by atoms with Crippen LogP contribution in [0.4, 0.5) is 4.79 Å². The first-order chi connectivity index (χ1) is 16.4. The third-order valence-electron chi connectivity index (χ3n) is 6.05. The van der Waals surface area contributed by atoms with Crippen LogP contribution < -0.4 is 15.4 Å². The molecule has 2 unspecified atom stereocenters. The number of rotatable bonds is 9. The van der Waals surface area contributed by atoms with Crippen LogP contribution in [0.5, 0.6) is 5.75 Å². The Labute approximate surface area is 200 Å². The third kappa shape index (κ3) is 6.83. The van der Waals surface area contributed by atoms with Gasteiger partial charge < -0.3 is 25.4 Å². The number of aliphatic hydroxyl groups excluding tert-OH is 1. The summed E-state index contributed by atoms with van der Waals surface area (Å²) in [7, 11) is 0. The van der Waals surface area contributed by atoms with Crippen LogP contribution >= 0.6 is 0 Å². The van der Waals surface area contributed by atoms with Gasteiger partial charge in [0.15, 0.2) is 0 Å². The molecule has 34 heavy (non-hydrogen) atoms. The molecule has 0 aromatic heterocycles. The second-order valence-corrected chi connectivity index (χ2v) is 8.88. The molecule has 182 valence electrons. The van der Waals surface area contributed by atoms with E-state index < -0.39 is 12.0 Å². The molecular weight excluding hydrogens is 436 g/mol. The molecule has 1 aromatic rings. The lowest BCUT2D eigenvalue weighted by Gasteiger charge is -2.46. The zero-order chi connectivity index (χ0) is 24.5. The van der Waals surface area contributed by atoms with Crippen molar-refractivity contribution < 1.29 is 19.4 Å². The first kappa shape index (κ1) is 25.3. The number of nitrogens with one attached hydrogen (secondary N) is 2. The van der Waals surface area contributed by atoms with Crippen LogP contribution in [0.3, 0.4) is 0 Å². The number of likely N-dealkylation sites (tertiary alicyclic amines) is 2. The van der Waals surface area contributed by atoms with Gasteiger partial charge in [0.1, 0.15) is 18.5 Å². The van der Waals surface area contributed by atoms with Crippen molar-refractivity contribution in [2.45, 2.75) is 25.9 Å². The Morgan fingerprint density at radius 1 is 1.21 bits per heavy atom. The summed E-state index contributed by atoms with van der Waals surface area (Å²) in [5.41, 5.74) is 0.516. The Kier molecular flexibility index (Phi) is 9.08. The number of β-amino-alcohol motifs (C(OH)–C–C–N with tert-alkyl or cyclic N) is 1. The first-order valence-electron chi connectivity index (χ1n) is 11.7. The predicted molar refractivity (Wildman–Crippen MR) is 124 cm³/mol. The average molecular weight is 469 g/mol. The van der Waals surface area contributed by atoms with E-state index in [1.165, 1.54) is 6.07 Å². The summed E-state index contributed by atoms with van der Waals surface area (Å²) < 4.78 is 5.76. The van der Waals surface area contributed by atoms with Crippen LogP contribution in [0.25, 0.3) is 0 Å². The molecule has 2 saturated heterocycles. The van der Waals surface area contributed by atoms with Crippen molar-refractivity contribution in [1.82, 2.24) is 20.4 Å². The van der Waals surface area contributed by atoms with Crippen molar-refractivity contribution in [3.05, 3.63) is 29.3 Å². The number of fused-ring (bicyclic) bond motifs is 2. The van der Waals surface area contributed by atoms with Crippen molar-refractivity contribution in [3.8, 4) is 17.9 Å². The van der Waals surface area contributed by atoms with E-state index in [2.05, 4.69) is 15.5 Å². The summed E-state index contributed by atoms with van der Waals surface area (Å²) in [6.07, 6.45) is 0.509. The van der Waals surface area contributed by atoms with Gasteiger partial charge in [-0.25, -0.2) is 4.79 Å². The zero-order valence-electron chi connectivity index (χ0n) is 19.5. The van der Waals surface area contributed by atoms with Crippen LogP contribution in [0, 0.1) is 34.5 Å². The molecule has 2 fully saturated rings. The Balaban J connectivity index is 1.53. The minimum absolute atomic E-state index is 0.00123. The van der Waals surface area contributed by atoms with Crippen LogP contribution in [0.15, 0.2) is 18.2 Å². The summed E-state index contributed by atoms with van der Waals surface area (Å²) >= 11 is 0. The lowest BCUT2D eigenvalue weighted by atomic mass is 9.84. The Bertz CT molecular complexity index is 942. The van der Waals surface area contributed by atoms with Crippen molar-refractivity contribution in [3.63, 3.8) is 0 Å². The maximum absolute atomic E-state index is 12.5. The first-order valence-corrected chi connectivity index (χ1v) is 11.7. The van der Waals surface area contributed by atoms with Gasteiger partial charge in [-0.1, -0.05) is 0 Å². The smallest absolute Gasteiger partial charge is 0.317 e. The van der Waals surface area contributed by atoms with Crippen molar-refractivity contribution >= 4 is 11.9 Å². The highest BCUT2D eigenvalue weighted by Gasteiger charge is 2.36. The monoisotopic (exact) mass is 468 g/mol. The van der Waals surface area contributed by atoms with Crippen LogP contribution in [0.2, 0.25) is 0 Å². The minimum Gasteiger partial charge on any atom is -0.490 e. The van der Waals surface area contributed by atoms with E-state index in [1.807, 2.05) is 24.0 Å². The maximum Gasteiger partial charge on any atom is 0.317 e. The highest BCUT2D eigenvalue weighted by Crippen LogP contribution is 2.29. The Morgan fingerprint density at radius 2 is 1.94 bits per heavy atom. The largest absolute Gasteiger partial charge is 0.490 e. The highest BCUT2D eigenvalue weighted by molar-refractivity contribution is 5.97. The molecule has 3 atom stereocenters. The second kappa shape index (κ2) is 12.2. The second-order valence-electron chi connectivity index (χ2n) is 8.88. The minimum atomic E-state index is -0.761. The molecule has 0 spiro atoms. The molecule has 2 heterocycles. The number of carbonyl (C=O) groups is 2. The van der Waals surface area contributed by atoms with Crippen LogP contribution in [-0.4, -0.2) is 85.4 Å². The number of aliphatic hydroxyl groups is 1. The van der Waals surface area contributed by atoms with Crippen molar-refractivity contribution in [2.24, 2.45) is 11.8 Å². The molecule has 0 saturated carbocycles. The predicted octanol–water partition coefficient (Wildman–Crippen LogP) is 0.925. The molecule has 0 radical (unpaired) electrons. The summed E-state index contributed by atoms with van der Waals surface area (Å²) in [6, 6.07) is 8.50. The molecule has 3 rings (SSSR count). The number of amides is 3. The number of carbonyl (C=O) groups excluding carboxylic acids is 2. The van der Waals surface area contributed by atoms with E-state index in [-0.39, 0.29) is 36.9 Å². The van der Waals surface area contributed by atoms with E-state index in [9.17, 15) is 14.7 Å². The van der Waals surface area contributed by atoms with Gasteiger partial charge in [-0.15, -0.1) is 0 Å². The number of hydrogen-bond donors (Lipinski definition) is 3. The van der Waals surface area contributed by atoms with Gasteiger partial charge in [-0.2, -0.15) is 10.5 Å². The van der Waals surface area contributed by atoms with Gasteiger partial charge in [-0.3, -0.25) is 9.69 Å². The third-order valence-corrected chi connectivity index (χ3v) is 6.05. The standard InChI is InChI=1S/C24H32N6O4/c1-2-27-24(33)30-13-18-8-19(14-30)12-29(11-18)15-20(31)16-34-22-5-4-17(10-26)9-21(22)23(32)28-7-3-6-25/h4-5,9,18-20,31H,2-3,7-8,11-16H2,1H3,(H,27,33)(H,28,32)/t18?,19?,20-/m0/s1. The van der Waals surface area contributed by atoms with E-state index in [0.29, 0.717) is 30.5 Å². The fraction of sp³-hybridized carbons (Fsp3) is 0.583. The molecule has 10 nitrogen and oxygen atoms in total. The Morgan fingerprint density at radius 3 is 2.59 bits per heavy atom. The van der Waals surface area contributed by atoms with Crippen molar-refractivity contribution in [1.29, 1.82) is 10.5 Å². The van der Waals surface area contributed by atoms with E-state index >= 15 is 0 Å². The number of nitrogens with zero attached hydrogens (tertiary/aromatic N) is 4. The summed E-state index contributed by atoms with van der Waals surface area (Å²) in [5.74, 6) is 0.605. The van der Waals surface area contributed by atoms with Gasteiger partial charge in [0.05, 0.1) is 29.7 Å². The molecular formula is C24H32N6O4. The summed E-state index contributed by atoms with van der Waals surface area (Å²) in [6.45, 7) is 6.24. The number of hydrogen-bond acceptors (Lipinski definition) is 7. The Hall–Kier alpha value is -3.34. The number of piperidine rings is 2. The van der Waals surface area contributed by atoms with Gasteiger partial charge in [0.2, 0.25) is 0 Å². The van der Waals surface area contributed by atoms with Gasteiger partial charge >= 0.3 is 6.03 Å². The topological polar surface area (TPSA) is 142 Å². The fourth-order valence-electron chi connectivity index (χ4n) is 4.73. The molecule has 1 aromatic carbocycles. The average Bonchev–Trinajstić information content (AvgIpc) is 2.82. The number of nitriles is 2. The molecule has 3 N–H and O–H groups in total. The van der Waals surface area contributed by atoms with Gasteiger partial charge in [0, 0.05) is 45.8 Å². The summed E-state index contributed by atoms with van der Waals surface area (Å²) in [4.78, 5) is 28.8. The number of benzene rings is 1. The molecule has 10 heteroatoms. The number of urea groups is 1. The molecule has 0 aliphatic carbocycles. The lowest BCUT2D eigenvalue weighted by molar-refractivity contribution is 0.00915. The van der Waals surface area contributed by atoms with Crippen molar-refractivity contribution in [2.75, 3.05) is 52.4 Å². The maximum atomic E-state index is 12.5. The van der Waals surface area contributed by atoms with E-state index in [4.69, 9.17) is 15.3 Å². The normalized spacial score (nSPS) is 20.5. The fourth-order valence-corrected chi connectivity index (χ4v) is 4.73. The van der Waals surface area contributed by atoms with E-state index in [0.717, 1.165) is 32.6 Å². The quantitative estimate of drug-likeness (QED) is 0.458. The van der Waals surface area contributed by atoms with Crippen LogP contribution in [-0.2, 0) is 0 Å². The molecule has 2 aliphatic heterocycles.